The van der Waals surface area contributed by atoms with Crippen LogP contribution in [0.2, 0.25) is 0 Å². The van der Waals surface area contributed by atoms with E-state index in [1.807, 2.05) is 46.7 Å². The van der Waals surface area contributed by atoms with Crippen LogP contribution in [0.4, 0.5) is 0 Å². The van der Waals surface area contributed by atoms with Crippen LogP contribution in [0.25, 0.3) is 0 Å². The lowest BCUT2D eigenvalue weighted by Crippen LogP contribution is -2.61. The number of ether oxygens (including phenoxy) is 6. The lowest BCUT2D eigenvalue weighted by molar-refractivity contribution is -0.318. The van der Waals surface area contributed by atoms with Crippen molar-refractivity contribution in [3.8, 4) is 0 Å². The number of carbonyl (C=O) groups is 1. The molecule has 0 spiro atoms. The molecule has 3 aliphatic heterocycles. The number of aliphatic hydroxyl groups is 5. The summed E-state index contributed by atoms with van der Waals surface area (Å²) in [6.07, 6.45) is -7.37. The molecule has 14 heteroatoms. The van der Waals surface area contributed by atoms with Crippen molar-refractivity contribution >= 4 is 5.97 Å². The second kappa shape index (κ2) is 19.2. The van der Waals surface area contributed by atoms with Crippen molar-refractivity contribution < 1.29 is 58.7 Å². The number of nitrogens with zero attached hydrogens (tertiary/aromatic N) is 2. The first-order valence-electron chi connectivity index (χ1n) is 20.2. The van der Waals surface area contributed by atoms with Gasteiger partial charge >= 0.3 is 5.97 Å². The van der Waals surface area contributed by atoms with Gasteiger partial charge in [0.05, 0.1) is 47.6 Å². The third kappa shape index (κ3) is 10.7. The zero-order valence-electron chi connectivity index (χ0n) is 35.6. The van der Waals surface area contributed by atoms with E-state index in [-0.39, 0.29) is 37.5 Å². The van der Waals surface area contributed by atoms with E-state index in [0.29, 0.717) is 19.5 Å². The highest BCUT2D eigenvalue weighted by Gasteiger charge is 2.52. The normalized spacial score (nSPS) is 48.2. The fraction of sp³-hybridized carbons (Fsp3) is 0.975. The smallest absolute Gasteiger partial charge is 0.311 e. The summed E-state index contributed by atoms with van der Waals surface area (Å²) >= 11 is 0. The first-order valence-corrected chi connectivity index (χ1v) is 20.2. The summed E-state index contributed by atoms with van der Waals surface area (Å²) < 4.78 is 37.8. The van der Waals surface area contributed by atoms with Crippen molar-refractivity contribution in [3.05, 3.63) is 0 Å². The summed E-state index contributed by atoms with van der Waals surface area (Å²) in [4.78, 5) is 18.4. The maximum absolute atomic E-state index is 14.3. The highest BCUT2D eigenvalue weighted by molar-refractivity contribution is 5.73. The van der Waals surface area contributed by atoms with Gasteiger partial charge in [-0.25, -0.2) is 0 Å². The molecule has 3 rings (SSSR count). The van der Waals surface area contributed by atoms with Gasteiger partial charge in [-0.15, -0.1) is 0 Å². The Hall–Kier alpha value is -1.01. The molecule has 14 nitrogen and oxygen atoms in total. The van der Waals surface area contributed by atoms with Gasteiger partial charge in [-0.1, -0.05) is 27.7 Å². The standard InChI is InChI=1S/C40H76N2O12/c1-15-17-42-21-22(3)33(44)40(11,48)29(16-2)52-36(46)26(7)32(53-30-20-39(10,49-14)34(45)27(8)51-30)25(6)35(38(9,47)19-23(42)4)54-37-31(43)28(41(12)13)18-24(5)50-37/h22-35,37,43-45,47-48H,15-21H2,1-14H3/t22-,23+,24+,25?,26+,27-,28-,29+,30-,31+,32-,33+,34-,35+,37-,38+,39+,40+/m0/s1. The van der Waals surface area contributed by atoms with Crippen molar-refractivity contribution in [3.63, 3.8) is 0 Å². The van der Waals surface area contributed by atoms with Crippen LogP contribution in [-0.4, -0.2) is 166 Å². The molecule has 0 radical (unpaired) electrons. The number of methoxy groups -OCH3 is 1. The van der Waals surface area contributed by atoms with E-state index >= 15 is 0 Å². The first-order chi connectivity index (χ1) is 24.9. The third-order valence-corrected chi connectivity index (χ3v) is 12.6. The van der Waals surface area contributed by atoms with Crippen LogP contribution in [0.5, 0.6) is 0 Å². The summed E-state index contributed by atoms with van der Waals surface area (Å²) in [5.74, 6) is -2.87. The second-order valence-electron chi connectivity index (χ2n) is 17.7. The molecule has 0 aromatic heterocycles. The maximum Gasteiger partial charge on any atom is 0.311 e. The van der Waals surface area contributed by atoms with Crippen molar-refractivity contribution in [2.45, 2.75) is 199 Å². The number of hydrogen-bond donors (Lipinski definition) is 5. The minimum absolute atomic E-state index is 0.133. The summed E-state index contributed by atoms with van der Waals surface area (Å²) in [6, 6.07) is -0.500. The van der Waals surface area contributed by atoms with Gasteiger partial charge in [0.15, 0.2) is 12.6 Å². The first kappa shape index (κ1) is 47.4. The van der Waals surface area contributed by atoms with Gasteiger partial charge in [0.2, 0.25) is 0 Å². The van der Waals surface area contributed by atoms with Crippen molar-refractivity contribution in [1.82, 2.24) is 9.80 Å². The molecule has 318 valence electrons. The van der Waals surface area contributed by atoms with Gasteiger partial charge < -0.3 is 63.8 Å². The zero-order chi connectivity index (χ0) is 41.1. The van der Waals surface area contributed by atoms with Gasteiger partial charge in [0, 0.05) is 38.1 Å². The second-order valence-corrected chi connectivity index (χ2v) is 17.7. The van der Waals surface area contributed by atoms with E-state index in [4.69, 9.17) is 28.4 Å². The fourth-order valence-corrected chi connectivity index (χ4v) is 9.13. The van der Waals surface area contributed by atoms with Gasteiger partial charge in [-0.2, -0.15) is 0 Å². The van der Waals surface area contributed by atoms with E-state index < -0.39 is 95.8 Å². The molecule has 3 aliphatic rings. The highest BCUT2D eigenvalue weighted by atomic mass is 16.7. The average molecular weight is 777 g/mol. The number of rotatable bonds is 9. The number of esters is 1. The lowest BCUT2D eigenvalue weighted by Gasteiger charge is -2.49. The van der Waals surface area contributed by atoms with Gasteiger partial charge in [-0.3, -0.25) is 4.79 Å². The van der Waals surface area contributed by atoms with E-state index in [2.05, 4.69) is 11.8 Å². The quantitative estimate of drug-likeness (QED) is 0.216. The Kier molecular flexibility index (Phi) is 16.8. The lowest BCUT2D eigenvalue weighted by atomic mass is 9.78. The number of likely N-dealkylation sites (N-methyl/N-ethyl adjacent to an activating group) is 1. The Morgan fingerprint density at radius 2 is 1.56 bits per heavy atom. The number of hydrogen-bond acceptors (Lipinski definition) is 14. The van der Waals surface area contributed by atoms with Crippen LogP contribution in [-0.2, 0) is 33.2 Å². The molecule has 0 aliphatic carbocycles. The highest BCUT2D eigenvalue weighted by Crippen LogP contribution is 2.40. The fourth-order valence-electron chi connectivity index (χ4n) is 9.13. The van der Waals surface area contributed by atoms with Gasteiger partial charge in [0.1, 0.15) is 23.9 Å². The van der Waals surface area contributed by atoms with Gasteiger partial charge in [-0.05, 0) is 101 Å². The topological polar surface area (TPSA) is 180 Å². The van der Waals surface area contributed by atoms with Crippen LogP contribution in [0, 0.1) is 17.8 Å². The third-order valence-electron chi connectivity index (χ3n) is 12.6. The Morgan fingerprint density at radius 1 is 0.926 bits per heavy atom. The molecule has 3 heterocycles. The van der Waals surface area contributed by atoms with E-state index in [9.17, 15) is 30.3 Å². The average Bonchev–Trinajstić information content (AvgIpc) is 3.09. The predicted molar refractivity (Wildman–Crippen MR) is 203 cm³/mol. The summed E-state index contributed by atoms with van der Waals surface area (Å²) in [5.41, 5.74) is -4.38. The number of aliphatic hydroxyl groups excluding tert-OH is 3. The molecule has 0 bridgehead atoms. The minimum atomic E-state index is -1.78. The van der Waals surface area contributed by atoms with Crippen LogP contribution >= 0.6 is 0 Å². The van der Waals surface area contributed by atoms with Crippen molar-refractivity contribution in [2.24, 2.45) is 17.8 Å². The molecule has 5 N–H and O–H groups in total. The number of cyclic esters (lactones) is 1. The minimum Gasteiger partial charge on any atom is -0.459 e. The van der Waals surface area contributed by atoms with E-state index in [0.717, 1.165) is 6.42 Å². The van der Waals surface area contributed by atoms with Crippen LogP contribution in [0.1, 0.15) is 108 Å². The van der Waals surface area contributed by atoms with Crippen LogP contribution in [0.15, 0.2) is 0 Å². The molecule has 1 unspecified atom stereocenters. The molecular formula is C40H76N2O12. The predicted octanol–water partition coefficient (Wildman–Crippen LogP) is 2.68. The van der Waals surface area contributed by atoms with E-state index in [1.165, 1.54) is 14.0 Å². The monoisotopic (exact) mass is 777 g/mol. The maximum atomic E-state index is 14.3. The zero-order valence-corrected chi connectivity index (χ0v) is 35.6. The summed E-state index contributed by atoms with van der Waals surface area (Å²) in [6.45, 7) is 20.9. The molecule has 0 aromatic rings. The largest absolute Gasteiger partial charge is 0.459 e. The SMILES string of the molecule is CCCN1C[C@H](C)[C@@H](O)[C@](C)(O)[C@@H](CC)OC(=O)[C@H](C)[C@@H](O[C@H]2C[C@@](C)(OC)[C@@H](O)[C@H](C)O2)C(C)[C@@H](O[C@@H]2O[C@H](C)C[C@H](N(C)C)[C@H]2O)[C@](C)(O)C[C@H]1C. The molecule has 18 atom stereocenters. The molecule has 3 saturated heterocycles. The Balaban J connectivity index is 2.22. The molecular weight excluding hydrogens is 700 g/mol. The Labute approximate surface area is 324 Å². The van der Waals surface area contributed by atoms with Crippen LogP contribution in [0.3, 0.4) is 0 Å². The molecule has 3 fully saturated rings. The summed E-state index contributed by atoms with van der Waals surface area (Å²) in [7, 11) is 5.29. The number of carbonyl (C=O) groups excluding carboxylic acids is 1. The summed E-state index contributed by atoms with van der Waals surface area (Å²) in [5, 5.41) is 58.7. The molecule has 0 aromatic carbocycles. The van der Waals surface area contributed by atoms with Crippen molar-refractivity contribution in [1.29, 1.82) is 0 Å². The molecule has 0 saturated carbocycles. The van der Waals surface area contributed by atoms with Gasteiger partial charge in [0.25, 0.3) is 0 Å². The Morgan fingerprint density at radius 3 is 2.11 bits per heavy atom. The Bertz CT molecular complexity index is 1180. The van der Waals surface area contributed by atoms with Crippen molar-refractivity contribution in [2.75, 3.05) is 34.3 Å². The van der Waals surface area contributed by atoms with Crippen LogP contribution < -0.4 is 0 Å². The molecule has 0 amide bonds. The van der Waals surface area contributed by atoms with E-state index in [1.54, 1.807) is 34.6 Å². The molecule has 54 heavy (non-hydrogen) atoms.